The van der Waals surface area contributed by atoms with Crippen LogP contribution in [0, 0.1) is 0 Å². The lowest BCUT2D eigenvalue weighted by molar-refractivity contribution is 0.102. The summed E-state index contributed by atoms with van der Waals surface area (Å²) in [5.41, 5.74) is 1.06. The van der Waals surface area contributed by atoms with Crippen molar-refractivity contribution in [1.29, 1.82) is 0 Å². The molecule has 3 aromatic rings. The van der Waals surface area contributed by atoms with Crippen LogP contribution in [0.1, 0.15) is 17.4 Å². The van der Waals surface area contributed by atoms with Crippen LogP contribution in [0.2, 0.25) is 0 Å². The average Bonchev–Trinajstić information content (AvgIpc) is 3.15. The molecule has 1 saturated heterocycles. The van der Waals surface area contributed by atoms with E-state index in [9.17, 15) is 4.79 Å². The predicted octanol–water partition coefficient (Wildman–Crippen LogP) is 2.11. The number of aromatic nitrogens is 3. The standard InChI is InChI=1S/C18H19N5O4/c1-2-26-13-5-3-12(4-6-13)21-17(24)15-14-16(23-7-9-25-10-8-23)19-11-20-18(14)27-22-15/h3-6,11H,2,7-10H2,1H3,(H,21,24). The number of amides is 1. The van der Waals surface area contributed by atoms with Crippen molar-refractivity contribution in [3.63, 3.8) is 0 Å². The first-order chi connectivity index (χ1) is 13.3. The molecule has 0 atom stereocenters. The van der Waals surface area contributed by atoms with E-state index in [1.54, 1.807) is 24.3 Å². The van der Waals surface area contributed by atoms with E-state index in [4.69, 9.17) is 14.0 Å². The SMILES string of the molecule is CCOc1ccc(NC(=O)c2noc3ncnc(N4CCOCC4)c23)cc1. The van der Waals surface area contributed by atoms with Gasteiger partial charge < -0.3 is 24.2 Å². The quantitative estimate of drug-likeness (QED) is 0.729. The minimum atomic E-state index is -0.387. The predicted molar refractivity (Wildman–Crippen MR) is 98.2 cm³/mol. The molecule has 2 aromatic heterocycles. The van der Waals surface area contributed by atoms with Crippen molar-refractivity contribution < 1.29 is 18.8 Å². The first kappa shape index (κ1) is 17.2. The lowest BCUT2D eigenvalue weighted by atomic mass is 10.2. The molecule has 27 heavy (non-hydrogen) atoms. The van der Waals surface area contributed by atoms with E-state index < -0.39 is 0 Å². The van der Waals surface area contributed by atoms with Gasteiger partial charge in [0.2, 0.25) is 0 Å². The number of fused-ring (bicyclic) bond motifs is 1. The maximum atomic E-state index is 12.8. The summed E-state index contributed by atoms with van der Waals surface area (Å²) in [7, 11) is 0. The molecule has 4 rings (SSSR count). The summed E-state index contributed by atoms with van der Waals surface area (Å²) in [6.45, 7) is 5.06. The van der Waals surface area contributed by atoms with Crippen molar-refractivity contribution in [3.8, 4) is 5.75 Å². The molecule has 1 amide bonds. The Kier molecular flexibility index (Phi) is 4.84. The van der Waals surface area contributed by atoms with Gasteiger partial charge in [-0.3, -0.25) is 4.79 Å². The van der Waals surface area contributed by atoms with E-state index in [1.165, 1.54) is 6.33 Å². The van der Waals surface area contributed by atoms with Gasteiger partial charge in [-0.05, 0) is 31.2 Å². The Morgan fingerprint density at radius 3 is 2.74 bits per heavy atom. The van der Waals surface area contributed by atoms with Gasteiger partial charge in [-0.15, -0.1) is 0 Å². The number of carbonyl (C=O) groups is 1. The van der Waals surface area contributed by atoms with Gasteiger partial charge in [0, 0.05) is 18.8 Å². The minimum Gasteiger partial charge on any atom is -0.494 e. The van der Waals surface area contributed by atoms with Gasteiger partial charge in [-0.25, -0.2) is 4.98 Å². The molecule has 1 aromatic carbocycles. The van der Waals surface area contributed by atoms with Crippen LogP contribution >= 0.6 is 0 Å². The molecule has 9 nitrogen and oxygen atoms in total. The van der Waals surface area contributed by atoms with Crippen LogP contribution in [0.4, 0.5) is 11.5 Å². The van der Waals surface area contributed by atoms with Gasteiger partial charge in [0.15, 0.2) is 5.69 Å². The van der Waals surface area contributed by atoms with Crippen LogP contribution < -0.4 is 15.0 Å². The minimum absolute atomic E-state index is 0.154. The average molecular weight is 369 g/mol. The number of ether oxygens (including phenoxy) is 2. The van der Waals surface area contributed by atoms with E-state index in [0.29, 0.717) is 49.8 Å². The van der Waals surface area contributed by atoms with E-state index in [0.717, 1.165) is 5.75 Å². The summed E-state index contributed by atoms with van der Waals surface area (Å²) in [6, 6.07) is 7.12. The number of nitrogens with zero attached hydrogens (tertiary/aromatic N) is 4. The highest BCUT2D eigenvalue weighted by Crippen LogP contribution is 2.27. The Hall–Kier alpha value is -3.20. The number of hydrogen-bond acceptors (Lipinski definition) is 8. The maximum Gasteiger partial charge on any atom is 0.278 e. The van der Waals surface area contributed by atoms with Crippen molar-refractivity contribution in [2.45, 2.75) is 6.92 Å². The van der Waals surface area contributed by atoms with Crippen molar-refractivity contribution in [2.75, 3.05) is 43.1 Å². The summed E-state index contributed by atoms with van der Waals surface area (Å²) in [5.74, 6) is 0.981. The van der Waals surface area contributed by atoms with Crippen LogP contribution in [0.5, 0.6) is 5.75 Å². The fourth-order valence-electron chi connectivity index (χ4n) is 2.93. The molecule has 0 spiro atoms. The van der Waals surface area contributed by atoms with Crippen molar-refractivity contribution >= 4 is 28.5 Å². The van der Waals surface area contributed by atoms with Crippen molar-refractivity contribution in [1.82, 2.24) is 15.1 Å². The molecule has 140 valence electrons. The zero-order valence-corrected chi connectivity index (χ0v) is 14.8. The number of anilines is 2. The monoisotopic (exact) mass is 369 g/mol. The zero-order valence-electron chi connectivity index (χ0n) is 14.8. The third-order valence-corrected chi connectivity index (χ3v) is 4.20. The normalized spacial score (nSPS) is 14.3. The fourth-order valence-corrected chi connectivity index (χ4v) is 2.93. The van der Waals surface area contributed by atoms with Crippen molar-refractivity contribution in [3.05, 3.63) is 36.3 Å². The number of nitrogens with one attached hydrogen (secondary N) is 1. The van der Waals surface area contributed by atoms with Gasteiger partial charge in [-0.2, -0.15) is 4.98 Å². The molecule has 1 aliphatic heterocycles. The lowest BCUT2D eigenvalue weighted by Gasteiger charge is -2.27. The van der Waals surface area contributed by atoms with E-state index in [1.807, 2.05) is 11.8 Å². The van der Waals surface area contributed by atoms with Crippen LogP contribution in [-0.2, 0) is 4.74 Å². The Bertz CT molecular complexity index is 935. The number of benzene rings is 1. The van der Waals surface area contributed by atoms with Crippen LogP contribution in [0.3, 0.4) is 0 Å². The number of morpholine rings is 1. The summed E-state index contributed by atoms with van der Waals surface area (Å²) < 4.78 is 16.0. The van der Waals surface area contributed by atoms with E-state index in [2.05, 4.69) is 20.4 Å². The second-order valence-electron chi connectivity index (χ2n) is 5.92. The second-order valence-corrected chi connectivity index (χ2v) is 5.92. The van der Waals surface area contributed by atoms with Gasteiger partial charge in [0.1, 0.15) is 23.3 Å². The molecule has 1 N–H and O–H groups in total. The van der Waals surface area contributed by atoms with Crippen LogP contribution in [-0.4, -0.2) is 53.9 Å². The topological polar surface area (TPSA) is 103 Å². The van der Waals surface area contributed by atoms with Gasteiger partial charge in [0.25, 0.3) is 11.6 Å². The van der Waals surface area contributed by atoms with Gasteiger partial charge in [0.05, 0.1) is 19.8 Å². The highest BCUT2D eigenvalue weighted by Gasteiger charge is 2.25. The molecule has 1 fully saturated rings. The smallest absolute Gasteiger partial charge is 0.278 e. The summed E-state index contributed by atoms with van der Waals surface area (Å²) >= 11 is 0. The third kappa shape index (κ3) is 3.54. The molecule has 1 aliphatic rings. The lowest BCUT2D eigenvalue weighted by Crippen LogP contribution is -2.37. The Balaban J connectivity index is 1.61. The Labute approximate surface area is 155 Å². The molecule has 0 aliphatic carbocycles. The van der Waals surface area contributed by atoms with Gasteiger partial charge >= 0.3 is 0 Å². The van der Waals surface area contributed by atoms with Crippen LogP contribution in [0.15, 0.2) is 35.1 Å². The van der Waals surface area contributed by atoms with E-state index >= 15 is 0 Å². The van der Waals surface area contributed by atoms with Gasteiger partial charge in [-0.1, -0.05) is 5.16 Å². The number of rotatable bonds is 5. The highest BCUT2D eigenvalue weighted by atomic mass is 16.5. The summed E-state index contributed by atoms with van der Waals surface area (Å²) in [5, 5.41) is 7.24. The molecule has 9 heteroatoms. The third-order valence-electron chi connectivity index (χ3n) is 4.20. The molecular formula is C18H19N5O4. The maximum absolute atomic E-state index is 12.8. The summed E-state index contributed by atoms with van der Waals surface area (Å²) in [6.07, 6.45) is 1.41. The molecule has 0 saturated carbocycles. The molecule has 0 radical (unpaired) electrons. The Morgan fingerprint density at radius 2 is 2.00 bits per heavy atom. The molecule has 3 heterocycles. The molecule has 0 bridgehead atoms. The second kappa shape index (κ2) is 7.58. The first-order valence-electron chi connectivity index (χ1n) is 8.73. The zero-order chi connectivity index (χ0) is 18.6. The van der Waals surface area contributed by atoms with E-state index in [-0.39, 0.29) is 17.3 Å². The fraction of sp³-hybridized carbons (Fsp3) is 0.333. The highest BCUT2D eigenvalue weighted by molar-refractivity contribution is 6.12. The number of carbonyl (C=O) groups excluding carboxylic acids is 1. The number of hydrogen-bond donors (Lipinski definition) is 1. The summed E-state index contributed by atoms with van der Waals surface area (Å²) in [4.78, 5) is 23.2. The largest absolute Gasteiger partial charge is 0.494 e. The van der Waals surface area contributed by atoms with Crippen LogP contribution in [0.25, 0.3) is 11.1 Å². The molecule has 0 unspecified atom stereocenters. The Morgan fingerprint density at radius 1 is 1.22 bits per heavy atom. The first-order valence-corrected chi connectivity index (χ1v) is 8.73. The van der Waals surface area contributed by atoms with Crippen molar-refractivity contribution in [2.24, 2.45) is 0 Å². The molecular weight excluding hydrogens is 350 g/mol.